The van der Waals surface area contributed by atoms with Crippen molar-refractivity contribution >= 4 is 11.8 Å². The van der Waals surface area contributed by atoms with Crippen LogP contribution in [0.3, 0.4) is 0 Å². The van der Waals surface area contributed by atoms with Crippen LogP contribution >= 0.6 is 0 Å². The fraction of sp³-hybridized carbons (Fsp3) is 0.857. The van der Waals surface area contributed by atoms with Gasteiger partial charge in [-0.2, -0.15) is 0 Å². The summed E-state index contributed by atoms with van der Waals surface area (Å²) in [6, 6.07) is 0. The van der Waals surface area contributed by atoms with Crippen LogP contribution in [0.1, 0.15) is 64.7 Å². The van der Waals surface area contributed by atoms with Crippen molar-refractivity contribution in [3.63, 3.8) is 0 Å². The van der Waals surface area contributed by atoms with Gasteiger partial charge in [-0.05, 0) is 26.2 Å². The summed E-state index contributed by atoms with van der Waals surface area (Å²) in [6.07, 6.45) is 7.68. The molecule has 4 heteroatoms. The van der Waals surface area contributed by atoms with Crippen molar-refractivity contribution in [2.75, 3.05) is 6.54 Å². The Kier molecular flexibility index (Phi) is 6.94. The third kappa shape index (κ3) is 5.63. The third-order valence-corrected chi connectivity index (χ3v) is 3.39. The van der Waals surface area contributed by atoms with Gasteiger partial charge < -0.3 is 5.11 Å². The van der Waals surface area contributed by atoms with Crippen molar-refractivity contribution < 1.29 is 14.7 Å². The van der Waals surface area contributed by atoms with Gasteiger partial charge in [0.15, 0.2) is 0 Å². The number of hydrogen-bond donors (Lipinski definition) is 1. The Balaban J connectivity index is 2.03. The Hall–Kier alpha value is -0.900. The highest BCUT2D eigenvalue weighted by Crippen LogP contribution is 2.14. The van der Waals surface area contributed by atoms with Gasteiger partial charge in [-0.15, -0.1) is 0 Å². The number of carbonyl (C=O) groups excluding carboxylic acids is 2. The maximum absolute atomic E-state index is 11.5. The molecule has 1 rings (SSSR count). The highest BCUT2D eigenvalue weighted by Gasteiger charge is 2.24. The molecule has 1 aliphatic rings. The van der Waals surface area contributed by atoms with Gasteiger partial charge in [-0.25, -0.2) is 0 Å². The molecule has 1 heterocycles. The van der Waals surface area contributed by atoms with E-state index in [0.29, 0.717) is 25.8 Å². The lowest BCUT2D eigenvalue weighted by atomic mass is 10.1. The molecule has 0 bridgehead atoms. The molecule has 4 nitrogen and oxygen atoms in total. The minimum atomic E-state index is -0.200. The van der Waals surface area contributed by atoms with Crippen molar-refractivity contribution in [2.24, 2.45) is 0 Å². The smallest absolute Gasteiger partial charge is 0.229 e. The van der Waals surface area contributed by atoms with E-state index >= 15 is 0 Å². The van der Waals surface area contributed by atoms with Gasteiger partial charge in [-0.3, -0.25) is 14.5 Å². The first-order chi connectivity index (χ1) is 8.61. The van der Waals surface area contributed by atoms with Crippen LogP contribution in [0.4, 0.5) is 0 Å². The molecular weight excluding hydrogens is 230 g/mol. The zero-order valence-electron chi connectivity index (χ0n) is 11.4. The van der Waals surface area contributed by atoms with Crippen LogP contribution in [-0.2, 0) is 9.59 Å². The zero-order chi connectivity index (χ0) is 13.4. The number of aliphatic hydroxyl groups is 1. The minimum absolute atomic E-state index is 0.000329. The van der Waals surface area contributed by atoms with Crippen molar-refractivity contribution in [1.29, 1.82) is 0 Å². The average Bonchev–Trinajstić information content (AvgIpc) is 2.30. The van der Waals surface area contributed by atoms with Crippen LogP contribution in [0.2, 0.25) is 0 Å². The van der Waals surface area contributed by atoms with Gasteiger partial charge >= 0.3 is 0 Å². The molecule has 0 aromatic carbocycles. The molecule has 18 heavy (non-hydrogen) atoms. The summed E-state index contributed by atoms with van der Waals surface area (Å²) in [6.45, 7) is 2.40. The van der Waals surface area contributed by atoms with Crippen molar-refractivity contribution in [3.05, 3.63) is 0 Å². The summed E-state index contributed by atoms with van der Waals surface area (Å²) in [4.78, 5) is 24.5. The van der Waals surface area contributed by atoms with Crippen LogP contribution in [-0.4, -0.2) is 34.5 Å². The Labute approximate surface area is 109 Å². The zero-order valence-corrected chi connectivity index (χ0v) is 11.4. The highest BCUT2D eigenvalue weighted by atomic mass is 16.3. The summed E-state index contributed by atoms with van der Waals surface area (Å²) in [5.41, 5.74) is 0. The lowest BCUT2D eigenvalue weighted by molar-refractivity contribution is -0.148. The normalized spacial score (nSPS) is 18.2. The number of nitrogens with zero attached hydrogens (tertiary/aromatic N) is 1. The number of imide groups is 1. The number of aliphatic hydroxyl groups excluding tert-OH is 1. The van der Waals surface area contributed by atoms with E-state index in [1.165, 1.54) is 4.90 Å². The molecule has 0 aliphatic carbocycles. The Morgan fingerprint density at radius 3 is 2.22 bits per heavy atom. The molecule has 1 atom stereocenters. The molecule has 1 N–H and O–H groups in total. The standard InChI is InChI=1S/C14H25NO3/c1-12(16)8-5-3-2-4-6-11-15-13(17)9-7-10-14(15)18/h12,16H,2-11H2,1H3. The number of unbranched alkanes of at least 4 members (excludes halogenated alkanes) is 4. The SMILES string of the molecule is CC(O)CCCCCCCN1C(=O)CCCC1=O. The van der Waals surface area contributed by atoms with E-state index in [4.69, 9.17) is 5.11 Å². The van der Waals surface area contributed by atoms with Crippen molar-refractivity contribution in [1.82, 2.24) is 4.90 Å². The van der Waals surface area contributed by atoms with Gasteiger partial charge in [0.05, 0.1) is 6.10 Å². The van der Waals surface area contributed by atoms with Crippen LogP contribution in [0.15, 0.2) is 0 Å². The summed E-state index contributed by atoms with van der Waals surface area (Å²) >= 11 is 0. The summed E-state index contributed by atoms with van der Waals surface area (Å²) in [7, 11) is 0. The van der Waals surface area contributed by atoms with Gasteiger partial charge in [0.2, 0.25) is 11.8 Å². The Morgan fingerprint density at radius 1 is 1.06 bits per heavy atom. The first kappa shape index (κ1) is 15.2. The maximum Gasteiger partial charge on any atom is 0.229 e. The van der Waals surface area contributed by atoms with E-state index in [9.17, 15) is 9.59 Å². The first-order valence-electron chi connectivity index (χ1n) is 7.12. The number of hydrogen-bond acceptors (Lipinski definition) is 3. The molecule has 0 aromatic heterocycles. The predicted molar refractivity (Wildman–Crippen MR) is 70.0 cm³/mol. The monoisotopic (exact) mass is 255 g/mol. The second-order valence-electron chi connectivity index (χ2n) is 5.20. The quantitative estimate of drug-likeness (QED) is 0.534. The fourth-order valence-corrected chi connectivity index (χ4v) is 2.29. The van der Waals surface area contributed by atoms with Crippen LogP contribution < -0.4 is 0 Å². The topological polar surface area (TPSA) is 57.6 Å². The van der Waals surface area contributed by atoms with Crippen LogP contribution in [0.5, 0.6) is 0 Å². The molecule has 1 saturated heterocycles. The van der Waals surface area contributed by atoms with E-state index in [-0.39, 0.29) is 17.9 Å². The first-order valence-corrected chi connectivity index (χ1v) is 7.12. The molecule has 104 valence electrons. The lowest BCUT2D eigenvalue weighted by Gasteiger charge is -2.24. The molecule has 1 fully saturated rings. The third-order valence-electron chi connectivity index (χ3n) is 3.39. The lowest BCUT2D eigenvalue weighted by Crippen LogP contribution is -2.40. The largest absolute Gasteiger partial charge is 0.393 e. The van der Waals surface area contributed by atoms with Crippen LogP contribution in [0, 0.1) is 0 Å². The number of rotatable bonds is 8. The van der Waals surface area contributed by atoms with E-state index in [0.717, 1.165) is 38.5 Å². The van der Waals surface area contributed by atoms with Crippen LogP contribution in [0.25, 0.3) is 0 Å². The minimum Gasteiger partial charge on any atom is -0.393 e. The van der Waals surface area contributed by atoms with Gasteiger partial charge in [-0.1, -0.05) is 25.7 Å². The molecular formula is C14H25NO3. The maximum atomic E-state index is 11.5. The molecule has 0 saturated carbocycles. The highest BCUT2D eigenvalue weighted by molar-refractivity contribution is 5.97. The summed E-state index contributed by atoms with van der Waals surface area (Å²) in [5, 5.41) is 9.10. The summed E-state index contributed by atoms with van der Waals surface area (Å²) in [5.74, 6) is 0.000658. The second-order valence-corrected chi connectivity index (χ2v) is 5.20. The predicted octanol–water partition coefficient (Wildman–Crippen LogP) is 2.25. The second kappa shape index (κ2) is 8.25. The molecule has 1 unspecified atom stereocenters. The van der Waals surface area contributed by atoms with E-state index < -0.39 is 0 Å². The van der Waals surface area contributed by atoms with Gasteiger partial charge in [0, 0.05) is 19.4 Å². The number of piperidine rings is 1. The number of amides is 2. The Morgan fingerprint density at radius 2 is 1.61 bits per heavy atom. The van der Waals surface area contributed by atoms with E-state index in [1.54, 1.807) is 0 Å². The number of carbonyl (C=O) groups is 2. The molecule has 2 amide bonds. The molecule has 0 radical (unpaired) electrons. The van der Waals surface area contributed by atoms with E-state index in [2.05, 4.69) is 0 Å². The number of likely N-dealkylation sites (tertiary alicyclic amines) is 1. The van der Waals surface area contributed by atoms with Gasteiger partial charge in [0.1, 0.15) is 0 Å². The van der Waals surface area contributed by atoms with Crippen molar-refractivity contribution in [3.8, 4) is 0 Å². The molecule has 1 aliphatic heterocycles. The Bertz CT molecular complexity index is 260. The van der Waals surface area contributed by atoms with Gasteiger partial charge in [0.25, 0.3) is 0 Å². The molecule has 0 spiro atoms. The average molecular weight is 255 g/mol. The summed E-state index contributed by atoms with van der Waals surface area (Å²) < 4.78 is 0. The molecule has 0 aromatic rings. The van der Waals surface area contributed by atoms with Crippen molar-refractivity contribution in [2.45, 2.75) is 70.8 Å². The fourth-order valence-electron chi connectivity index (χ4n) is 2.29. The van der Waals surface area contributed by atoms with E-state index in [1.807, 2.05) is 6.92 Å².